The first-order chi connectivity index (χ1) is 12.1. The Labute approximate surface area is 157 Å². The summed E-state index contributed by atoms with van der Waals surface area (Å²) in [6.45, 7) is 0.395. The summed E-state index contributed by atoms with van der Waals surface area (Å²) >= 11 is 11.8. The van der Waals surface area contributed by atoms with E-state index in [1.165, 1.54) is 5.56 Å². The second-order valence-electron chi connectivity index (χ2n) is 5.40. The Kier molecular flexibility index (Phi) is 8.29. The van der Waals surface area contributed by atoms with Crippen molar-refractivity contribution in [3.8, 4) is 5.75 Å². The van der Waals surface area contributed by atoms with Crippen LogP contribution in [0.5, 0.6) is 5.75 Å². The number of halogens is 2. The van der Waals surface area contributed by atoms with Gasteiger partial charge in [-0.2, -0.15) is 5.10 Å². The van der Waals surface area contributed by atoms with E-state index in [2.05, 4.69) is 22.7 Å². The summed E-state index contributed by atoms with van der Waals surface area (Å²) in [4.78, 5) is 11.7. The molecule has 2 aromatic carbocycles. The minimum absolute atomic E-state index is 0.137. The van der Waals surface area contributed by atoms with Gasteiger partial charge in [-0.3, -0.25) is 4.79 Å². The summed E-state index contributed by atoms with van der Waals surface area (Å²) in [5, 5.41) is 4.96. The largest absolute Gasteiger partial charge is 0.492 e. The monoisotopic (exact) mass is 378 g/mol. The van der Waals surface area contributed by atoms with E-state index in [9.17, 15) is 4.79 Å². The van der Waals surface area contributed by atoms with Crippen molar-refractivity contribution >= 4 is 35.3 Å². The lowest BCUT2D eigenvalue weighted by molar-refractivity contribution is -0.121. The molecule has 0 saturated carbocycles. The predicted molar refractivity (Wildman–Crippen MR) is 103 cm³/mol. The summed E-state index contributed by atoms with van der Waals surface area (Å²) in [6.07, 6.45) is 4.30. The lowest BCUT2D eigenvalue weighted by atomic mass is 10.1. The van der Waals surface area contributed by atoms with Crippen LogP contribution < -0.4 is 10.2 Å². The third-order valence-corrected chi connectivity index (χ3v) is 3.92. The number of nitrogens with one attached hydrogen (secondary N) is 1. The third kappa shape index (κ3) is 7.59. The number of hydrogen-bond acceptors (Lipinski definition) is 3. The molecule has 0 radical (unpaired) electrons. The number of ether oxygens (including phenoxy) is 1. The van der Waals surface area contributed by atoms with Crippen LogP contribution in [0.2, 0.25) is 10.0 Å². The fourth-order valence-electron chi connectivity index (χ4n) is 2.12. The topological polar surface area (TPSA) is 50.7 Å². The normalized spacial score (nSPS) is 10.8. The summed E-state index contributed by atoms with van der Waals surface area (Å²) in [5.74, 6) is 0.423. The van der Waals surface area contributed by atoms with Crippen molar-refractivity contribution in [2.24, 2.45) is 5.10 Å². The van der Waals surface area contributed by atoms with Crippen LogP contribution in [0.3, 0.4) is 0 Å². The van der Waals surface area contributed by atoms with Crippen molar-refractivity contribution in [3.63, 3.8) is 0 Å². The maximum atomic E-state index is 11.7. The molecule has 0 fully saturated rings. The lowest BCUT2D eigenvalue weighted by Crippen LogP contribution is -2.18. The Balaban J connectivity index is 1.57. The molecule has 0 unspecified atom stereocenters. The minimum atomic E-state index is -0.137. The maximum absolute atomic E-state index is 11.7. The van der Waals surface area contributed by atoms with Crippen molar-refractivity contribution in [3.05, 3.63) is 64.1 Å². The van der Waals surface area contributed by atoms with Gasteiger partial charge in [0.05, 0.1) is 11.6 Å². The molecule has 132 valence electrons. The lowest BCUT2D eigenvalue weighted by Gasteiger charge is -2.07. The van der Waals surface area contributed by atoms with Crippen LogP contribution in [0.4, 0.5) is 0 Å². The van der Waals surface area contributed by atoms with E-state index < -0.39 is 0 Å². The Morgan fingerprint density at radius 3 is 2.72 bits per heavy atom. The van der Waals surface area contributed by atoms with Crippen molar-refractivity contribution in [1.82, 2.24) is 5.43 Å². The number of carbonyl (C=O) groups excluding carboxylic acids is 1. The molecule has 0 atom stereocenters. The molecule has 0 heterocycles. The quantitative estimate of drug-likeness (QED) is 0.383. The van der Waals surface area contributed by atoms with Crippen LogP contribution in [-0.2, 0) is 11.2 Å². The van der Waals surface area contributed by atoms with Crippen LogP contribution in [0.15, 0.2) is 53.6 Å². The van der Waals surface area contributed by atoms with Gasteiger partial charge in [-0.1, -0.05) is 53.5 Å². The highest BCUT2D eigenvalue weighted by molar-refractivity contribution is 6.35. The molecule has 0 aromatic heterocycles. The molecule has 0 aliphatic carbocycles. The van der Waals surface area contributed by atoms with E-state index in [1.54, 1.807) is 24.4 Å². The number of amides is 1. The van der Waals surface area contributed by atoms with Crippen molar-refractivity contribution in [2.45, 2.75) is 25.7 Å². The second-order valence-corrected chi connectivity index (χ2v) is 6.24. The molecule has 1 amide bonds. The number of rotatable bonds is 9. The first-order valence-electron chi connectivity index (χ1n) is 8.07. The first-order valence-corrected chi connectivity index (χ1v) is 8.83. The molecule has 25 heavy (non-hydrogen) atoms. The molecule has 0 bridgehead atoms. The zero-order valence-electron chi connectivity index (χ0n) is 13.8. The van der Waals surface area contributed by atoms with Gasteiger partial charge in [0.25, 0.3) is 0 Å². The van der Waals surface area contributed by atoms with Crippen LogP contribution in [0.25, 0.3) is 0 Å². The molecule has 0 saturated heterocycles. The van der Waals surface area contributed by atoms with Crippen LogP contribution in [-0.4, -0.2) is 18.7 Å². The van der Waals surface area contributed by atoms with Gasteiger partial charge >= 0.3 is 0 Å². The molecule has 0 aliphatic rings. The van der Waals surface area contributed by atoms with Crippen molar-refractivity contribution < 1.29 is 9.53 Å². The predicted octanol–water partition coefficient (Wildman–Crippen LogP) is 4.89. The molecule has 0 aliphatic heterocycles. The van der Waals surface area contributed by atoms with Gasteiger partial charge in [0, 0.05) is 17.7 Å². The first kappa shape index (κ1) is 19.3. The van der Waals surface area contributed by atoms with Gasteiger partial charge in [0.1, 0.15) is 5.75 Å². The average molecular weight is 379 g/mol. The van der Waals surface area contributed by atoms with Gasteiger partial charge in [-0.15, -0.1) is 0 Å². The fraction of sp³-hybridized carbons (Fsp3) is 0.263. The van der Waals surface area contributed by atoms with E-state index in [4.69, 9.17) is 27.9 Å². The van der Waals surface area contributed by atoms with Crippen molar-refractivity contribution in [2.75, 3.05) is 6.61 Å². The molecule has 2 aromatic rings. The van der Waals surface area contributed by atoms with Gasteiger partial charge in [0.2, 0.25) is 5.91 Å². The van der Waals surface area contributed by atoms with E-state index in [1.807, 2.05) is 18.2 Å². The fourth-order valence-corrected chi connectivity index (χ4v) is 2.58. The number of benzene rings is 2. The van der Waals surface area contributed by atoms with Gasteiger partial charge in [0.15, 0.2) is 0 Å². The minimum Gasteiger partial charge on any atom is -0.492 e. The van der Waals surface area contributed by atoms with Crippen LogP contribution in [0, 0.1) is 0 Å². The SMILES string of the molecule is O=C(CCCOc1ccc(Cl)cc1Cl)N/N=C/CCc1ccccc1. The molecular weight excluding hydrogens is 359 g/mol. The standard InChI is InChI=1S/C19H20Cl2N2O2/c20-16-10-11-18(17(21)14-16)25-13-5-9-19(24)23-22-12-4-8-15-6-2-1-3-7-15/h1-3,6-7,10-12,14H,4-5,8-9,13H2,(H,23,24)/b22-12+. The van der Waals surface area contributed by atoms with E-state index in [-0.39, 0.29) is 5.91 Å². The molecule has 6 heteroatoms. The van der Waals surface area contributed by atoms with Gasteiger partial charge in [-0.05, 0) is 43.0 Å². The highest BCUT2D eigenvalue weighted by atomic mass is 35.5. The second kappa shape index (κ2) is 10.7. The Bertz CT molecular complexity index is 706. The summed E-state index contributed by atoms with van der Waals surface area (Å²) in [5.41, 5.74) is 3.77. The number of hydrazone groups is 1. The molecule has 4 nitrogen and oxygen atoms in total. The number of carbonyl (C=O) groups is 1. The maximum Gasteiger partial charge on any atom is 0.240 e. The molecule has 0 spiro atoms. The van der Waals surface area contributed by atoms with E-state index >= 15 is 0 Å². The number of aryl methyl sites for hydroxylation is 1. The van der Waals surface area contributed by atoms with Crippen molar-refractivity contribution in [1.29, 1.82) is 0 Å². The zero-order chi connectivity index (χ0) is 17.9. The van der Waals surface area contributed by atoms with Gasteiger partial charge < -0.3 is 4.74 Å². The Hall–Kier alpha value is -2.04. The number of nitrogens with zero attached hydrogens (tertiary/aromatic N) is 1. The Morgan fingerprint density at radius 1 is 1.16 bits per heavy atom. The van der Waals surface area contributed by atoms with E-state index in [0.717, 1.165) is 12.8 Å². The molecule has 1 N–H and O–H groups in total. The molecule has 2 rings (SSSR count). The Morgan fingerprint density at radius 2 is 1.96 bits per heavy atom. The summed E-state index contributed by atoms with van der Waals surface area (Å²) in [7, 11) is 0. The highest BCUT2D eigenvalue weighted by Crippen LogP contribution is 2.27. The van der Waals surface area contributed by atoms with Gasteiger partial charge in [-0.25, -0.2) is 5.43 Å². The molecular formula is C19H20Cl2N2O2. The smallest absolute Gasteiger partial charge is 0.240 e. The van der Waals surface area contributed by atoms with E-state index in [0.29, 0.717) is 35.2 Å². The zero-order valence-corrected chi connectivity index (χ0v) is 15.3. The number of hydrogen-bond donors (Lipinski definition) is 1. The average Bonchev–Trinajstić information content (AvgIpc) is 2.61. The third-order valence-electron chi connectivity index (χ3n) is 3.39. The highest BCUT2D eigenvalue weighted by Gasteiger charge is 2.04. The van der Waals surface area contributed by atoms with Crippen LogP contribution >= 0.6 is 23.2 Å². The summed E-state index contributed by atoms with van der Waals surface area (Å²) < 4.78 is 5.53. The summed E-state index contributed by atoms with van der Waals surface area (Å²) in [6, 6.07) is 15.2. The van der Waals surface area contributed by atoms with Crippen LogP contribution in [0.1, 0.15) is 24.8 Å².